The van der Waals surface area contributed by atoms with Crippen molar-refractivity contribution in [3.8, 4) is 5.88 Å². The molecule has 0 aliphatic heterocycles. The average molecular weight is 305 g/mol. The monoisotopic (exact) mass is 303 g/mol. The molecule has 0 bridgehead atoms. The maximum absolute atomic E-state index is 11.1. The molecular formula is C13H21NO3Zn+2. The maximum Gasteiger partial charge on any atom is 2.00 e. The Morgan fingerprint density at radius 3 is 2.56 bits per heavy atom. The molecule has 4 nitrogen and oxygen atoms in total. The molecule has 1 aromatic rings. The summed E-state index contributed by atoms with van der Waals surface area (Å²) in [6, 6.07) is 4.45. The molecule has 0 spiro atoms. The van der Waals surface area contributed by atoms with Crippen molar-refractivity contribution in [1.82, 2.24) is 4.73 Å². The molecular weight excluding hydrogens is 284 g/mol. The predicted molar refractivity (Wildman–Crippen MR) is 66.8 cm³/mol. The number of ether oxygens (including phenoxy) is 1. The van der Waals surface area contributed by atoms with Gasteiger partial charge >= 0.3 is 19.5 Å². The van der Waals surface area contributed by atoms with E-state index in [0.717, 1.165) is 12.8 Å². The van der Waals surface area contributed by atoms with E-state index in [2.05, 4.69) is 6.92 Å². The van der Waals surface area contributed by atoms with Crippen molar-refractivity contribution < 1.29 is 29.4 Å². The van der Waals surface area contributed by atoms with Gasteiger partial charge in [0.05, 0.1) is 6.61 Å². The quantitative estimate of drug-likeness (QED) is 0.456. The molecule has 5 heteroatoms. The summed E-state index contributed by atoms with van der Waals surface area (Å²) < 4.78 is 5.88. The second-order valence-electron chi connectivity index (χ2n) is 4.13. The van der Waals surface area contributed by atoms with E-state index in [9.17, 15) is 10.0 Å². The van der Waals surface area contributed by atoms with E-state index in [-0.39, 0.29) is 25.4 Å². The Morgan fingerprint density at radius 2 is 1.83 bits per heavy atom. The van der Waals surface area contributed by atoms with E-state index >= 15 is 0 Å². The summed E-state index contributed by atoms with van der Waals surface area (Å²) >= 11 is 0. The zero-order chi connectivity index (χ0) is 12.5. The Morgan fingerprint density at radius 1 is 1.17 bits per heavy atom. The standard InChI is InChI=1S/C13H21NO3.Zn/c1-2-3-4-5-6-7-11-17-13-10-8-9-12(15)14(13)16;/h8-10,16H,2-7,11H2,1H3;/q;+2. The molecule has 0 aromatic carbocycles. The molecule has 0 saturated carbocycles. The van der Waals surface area contributed by atoms with Gasteiger partial charge in [-0.15, -0.1) is 4.73 Å². The van der Waals surface area contributed by atoms with Crippen molar-refractivity contribution >= 4 is 0 Å². The predicted octanol–water partition coefficient (Wildman–Crippen LogP) is 2.82. The van der Waals surface area contributed by atoms with E-state index in [1.807, 2.05) is 0 Å². The van der Waals surface area contributed by atoms with Crippen molar-refractivity contribution in [3.05, 3.63) is 28.6 Å². The number of rotatable bonds is 8. The molecule has 0 atom stereocenters. The summed E-state index contributed by atoms with van der Waals surface area (Å²) in [7, 11) is 0. The van der Waals surface area contributed by atoms with Gasteiger partial charge in [0.2, 0.25) is 5.88 Å². The first-order valence-electron chi connectivity index (χ1n) is 6.30. The topological polar surface area (TPSA) is 51.5 Å². The molecule has 0 amide bonds. The fraction of sp³-hybridized carbons (Fsp3) is 0.615. The first-order chi connectivity index (χ1) is 8.25. The van der Waals surface area contributed by atoms with Crippen molar-refractivity contribution in [3.63, 3.8) is 0 Å². The van der Waals surface area contributed by atoms with Gasteiger partial charge in [-0.05, 0) is 6.42 Å². The molecule has 0 radical (unpaired) electrons. The van der Waals surface area contributed by atoms with Crippen molar-refractivity contribution in [2.45, 2.75) is 45.4 Å². The Kier molecular flexibility index (Phi) is 9.66. The molecule has 96 valence electrons. The number of nitrogens with zero attached hydrogens (tertiary/aromatic N) is 1. The minimum atomic E-state index is -0.467. The van der Waals surface area contributed by atoms with Crippen molar-refractivity contribution in [2.24, 2.45) is 0 Å². The molecule has 0 fully saturated rings. The van der Waals surface area contributed by atoms with Crippen LogP contribution in [-0.2, 0) is 19.5 Å². The van der Waals surface area contributed by atoms with Crippen LogP contribution in [0.4, 0.5) is 0 Å². The minimum absolute atomic E-state index is 0. The smallest absolute Gasteiger partial charge is 0.477 e. The molecule has 0 saturated heterocycles. The van der Waals surface area contributed by atoms with Gasteiger partial charge in [-0.2, -0.15) is 0 Å². The van der Waals surface area contributed by atoms with E-state index < -0.39 is 5.56 Å². The molecule has 0 unspecified atom stereocenters. The normalized spacial score (nSPS) is 9.83. The second kappa shape index (κ2) is 10.1. The van der Waals surface area contributed by atoms with Gasteiger partial charge in [0.25, 0.3) is 5.56 Å². The molecule has 1 aromatic heterocycles. The minimum Gasteiger partial charge on any atom is -0.477 e. The summed E-state index contributed by atoms with van der Waals surface area (Å²) in [5.74, 6) is 0.214. The molecule has 1 rings (SSSR count). The third kappa shape index (κ3) is 6.20. The van der Waals surface area contributed by atoms with Crippen LogP contribution >= 0.6 is 0 Å². The van der Waals surface area contributed by atoms with Gasteiger partial charge in [-0.3, -0.25) is 4.79 Å². The number of hydrogen-bond acceptors (Lipinski definition) is 3. The second-order valence-corrected chi connectivity index (χ2v) is 4.13. The molecule has 18 heavy (non-hydrogen) atoms. The van der Waals surface area contributed by atoms with E-state index in [0.29, 0.717) is 11.3 Å². The van der Waals surface area contributed by atoms with Crippen LogP contribution in [0.1, 0.15) is 45.4 Å². The summed E-state index contributed by atoms with van der Waals surface area (Å²) in [6.45, 7) is 2.73. The van der Waals surface area contributed by atoms with Crippen molar-refractivity contribution in [1.29, 1.82) is 0 Å². The third-order valence-corrected chi connectivity index (χ3v) is 2.64. The summed E-state index contributed by atoms with van der Waals surface area (Å²) in [5.41, 5.74) is -0.467. The van der Waals surface area contributed by atoms with Crippen LogP contribution in [0.15, 0.2) is 23.0 Å². The van der Waals surface area contributed by atoms with Crippen molar-refractivity contribution in [2.75, 3.05) is 6.61 Å². The summed E-state index contributed by atoms with van der Waals surface area (Å²) in [4.78, 5) is 11.1. The SMILES string of the molecule is CCCCCCCCOc1cccc(=O)n1O.[Zn+2]. The maximum atomic E-state index is 11.1. The van der Waals surface area contributed by atoms with Gasteiger partial charge < -0.3 is 9.94 Å². The van der Waals surface area contributed by atoms with Crippen LogP contribution in [0.2, 0.25) is 0 Å². The molecule has 1 N–H and O–H groups in total. The number of unbranched alkanes of at least 4 members (excludes halogenated alkanes) is 5. The molecule has 0 aliphatic carbocycles. The number of aromatic nitrogens is 1. The zero-order valence-electron chi connectivity index (χ0n) is 11.1. The first kappa shape index (κ1) is 17.2. The number of hydrogen-bond donors (Lipinski definition) is 1. The fourth-order valence-corrected chi connectivity index (χ4v) is 1.63. The fourth-order valence-electron chi connectivity index (χ4n) is 1.63. The van der Waals surface area contributed by atoms with E-state index in [1.165, 1.54) is 31.7 Å². The molecule has 1 heterocycles. The first-order valence-corrected chi connectivity index (χ1v) is 6.30. The van der Waals surface area contributed by atoms with Crippen LogP contribution in [-0.4, -0.2) is 16.5 Å². The van der Waals surface area contributed by atoms with Gasteiger partial charge in [-0.25, -0.2) is 0 Å². The molecule has 0 aliphatic rings. The van der Waals surface area contributed by atoms with Crippen LogP contribution in [0.3, 0.4) is 0 Å². The van der Waals surface area contributed by atoms with Gasteiger partial charge in [0.1, 0.15) is 0 Å². The van der Waals surface area contributed by atoms with Crippen LogP contribution in [0.5, 0.6) is 5.88 Å². The Labute approximate surface area is 121 Å². The van der Waals surface area contributed by atoms with E-state index in [1.54, 1.807) is 12.1 Å². The Bertz CT molecular complexity index is 379. The van der Waals surface area contributed by atoms with Crippen LogP contribution in [0, 0.1) is 0 Å². The largest absolute Gasteiger partial charge is 2.00 e. The summed E-state index contributed by atoms with van der Waals surface area (Å²) in [6.07, 6.45) is 7.10. The van der Waals surface area contributed by atoms with E-state index in [4.69, 9.17) is 4.74 Å². The number of pyridine rings is 1. The summed E-state index contributed by atoms with van der Waals surface area (Å²) in [5, 5.41) is 9.35. The Balaban J connectivity index is 0.00000289. The van der Waals surface area contributed by atoms with Crippen LogP contribution in [0.25, 0.3) is 0 Å². The van der Waals surface area contributed by atoms with Gasteiger partial charge in [0, 0.05) is 12.1 Å². The zero-order valence-corrected chi connectivity index (χ0v) is 14.1. The Hall–Kier alpha value is -0.827. The van der Waals surface area contributed by atoms with Gasteiger partial charge in [-0.1, -0.05) is 45.1 Å². The third-order valence-electron chi connectivity index (χ3n) is 2.64. The van der Waals surface area contributed by atoms with Crippen LogP contribution < -0.4 is 10.3 Å². The average Bonchev–Trinajstić information content (AvgIpc) is 2.33. The van der Waals surface area contributed by atoms with Gasteiger partial charge in [0.15, 0.2) is 0 Å².